The Hall–Kier alpha value is -1.34. The van der Waals surface area contributed by atoms with Crippen LogP contribution < -0.4 is 15.0 Å². The van der Waals surface area contributed by atoms with Crippen molar-refractivity contribution in [1.82, 2.24) is 10.3 Å². The molecule has 0 bridgehead atoms. The molecule has 0 saturated carbocycles. The molecule has 1 rings (SSSR count). The predicted molar refractivity (Wildman–Crippen MR) is 75.9 cm³/mol. The molecule has 7 heteroatoms. The summed E-state index contributed by atoms with van der Waals surface area (Å²) in [7, 11) is 5.49. The van der Waals surface area contributed by atoms with Gasteiger partial charge in [0.2, 0.25) is 5.88 Å². The number of hydrogen-bond acceptors (Lipinski definition) is 7. The van der Waals surface area contributed by atoms with Crippen molar-refractivity contribution in [3.63, 3.8) is 0 Å². The minimum Gasteiger partial charge on any atom is -0.480 e. The summed E-state index contributed by atoms with van der Waals surface area (Å²) in [5.74, 6) is 0.456. The third-order valence-electron chi connectivity index (χ3n) is 2.32. The summed E-state index contributed by atoms with van der Waals surface area (Å²) < 4.78 is 10.1. The molecule has 6 nitrogen and oxygen atoms in total. The van der Waals surface area contributed by atoms with E-state index in [4.69, 9.17) is 9.47 Å². The van der Waals surface area contributed by atoms with Crippen LogP contribution in [0.15, 0.2) is 0 Å². The van der Waals surface area contributed by atoms with Gasteiger partial charge in [-0.1, -0.05) is 11.3 Å². The van der Waals surface area contributed by atoms with Crippen LogP contribution in [0.25, 0.3) is 0 Å². The van der Waals surface area contributed by atoms with Crippen molar-refractivity contribution in [2.75, 3.05) is 39.3 Å². The summed E-state index contributed by atoms with van der Waals surface area (Å²) in [6.45, 7) is 3.44. The molecule has 0 atom stereocenters. The number of rotatable bonds is 8. The van der Waals surface area contributed by atoms with Gasteiger partial charge in [0.25, 0.3) is 0 Å². The first-order chi connectivity index (χ1) is 9.08. The Balaban J connectivity index is 2.42. The lowest BCUT2D eigenvalue weighted by Gasteiger charge is -2.05. The number of carbonyl (C=O) groups excluding carboxylic acids is 1. The monoisotopic (exact) mass is 287 g/mol. The van der Waals surface area contributed by atoms with Gasteiger partial charge in [0.05, 0.1) is 25.0 Å². The molecule has 0 unspecified atom stereocenters. The molecular weight excluding hydrogens is 266 g/mol. The van der Waals surface area contributed by atoms with Gasteiger partial charge in [-0.05, 0) is 6.92 Å². The van der Waals surface area contributed by atoms with E-state index >= 15 is 0 Å². The quantitative estimate of drug-likeness (QED) is 0.574. The zero-order valence-corrected chi connectivity index (χ0v) is 12.7. The highest BCUT2D eigenvalue weighted by atomic mass is 32.1. The fraction of sp³-hybridized carbons (Fsp3) is 0.667. The summed E-state index contributed by atoms with van der Waals surface area (Å²) in [4.78, 5) is 18.5. The molecule has 0 aliphatic carbocycles. The van der Waals surface area contributed by atoms with Crippen molar-refractivity contribution in [3.05, 3.63) is 4.88 Å². The molecule has 0 aliphatic heterocycles. The van der Waals surface area contributed by atoms with Crippen LogP contribution in [0.5, 0.6) is 5.88 Å². The van der Waals surface area contributed by atoms with Crippen molar-refractivity contribution in [1.29, 1.82) is 0 Å². The Morgan fingerprint density at radius 2 is 2.21 bits per heavy atom. The highest BCUT2D eigenvalue weighted by Gasteiger charge is 2.12. The topological polar surface area (TPSA) is 63.7 Å². The minimum absolute atomic E-state index is 0.180. The molecule has 108 valence electrons. The van der Waals surface area contributed by atoms with Crippen LogP contribution in [-0.4, -0.2) is 45.3 Å². The lowest BCUT2D eigenvalue weighted by Crippen LogP contribution is -2.18. The Bertz CT molecular complexity index is 407. The van der Waals surface area contributed by atoms with Crippen LogP contribution >= 0.6 is 11.3 Å². The normalized spacial score (nSPS) is 10.3. The van der Waals surface area contributed by atoms with E-state index in [1.54, 1.807) is 25.4 Å². The van der Waals surface area contributed by atoms with E-state index < -0.39 is 0 Å². The van der Waals surface area contributed by atoms with Gasteiger partial charge >= 0.3 is 5.97 Å². The van der Waals surface area contributed by atoms with Gasteiger partial charge in [0.1, 0.15) is 0 Å². The zero-order valence-electron chi connectivity index (χ0n) is 11.9. The van der Waals surface area contributed by atoms with Crippen LogP contribution in [0.3, 0.4) is 0 Å². The van der Waals surface area contributed by atoms with Crippen LogP contribution in [0.4, 0.5) is 5.13 Å². The van der Waals surface area contributed by atoms with Crippen LogP contribution in [0.2, 0.25) is 0 Å². The van der Waals surface area contributed by atoms with Crippen molar-refractivity contribution < 1.29 is 14.3 Å². The number of thiazole rings is 1. The Labute approximate surface area is 117 Å². The molecule has 0 aliphatic rings. The lowest BCUT2D eigenvalue weighted by molar-refractivity contribution is -0.142. The third-order valence-corrected chi connectivity index (χ3v) is 3.53. The predicted octanol–water partition coefficient (Wildman–Crippen LogP) is 1.26. The van der Waals surface area contributed by atoms with Crippen molar-refractivity contribution in [2.24, 2.45) is 0 Å². The van der Waals surface area contributed by atoms with E-state index in [1.165, 1.54) is 0 Å². The van der Waals surface area contributed by atoms with E-state index in [-0.39, 0.29) is 5.97 Å². The number of hydrogen-bond donors (Lipinski definition) is 1. The Morgan fingerprint density at radius 1 is 1.47 bits per heavy atom. The molecule has 0 fully saturated rings. The van der Waals surface area contributed by atoms with Gasteiger partial charge in [-0.2, -0.15) is 4.98 Å². The average Bonchev–Trinajstić information content (AvgIpc) is 2.78. The molecule has 1 heterocycles. The van der Waals surface area contributed by atoms with Crippen molar-refractivity contribution >= 4 is 22.4 Å². The SMILES string of the molecule is CCOC(=O)CCNCc1sc(N(C)C)nc1OC. The maximum absolute atomic E-state index is 11.2. The summed E-state index contributed by atoms with van der Waals surface area (Å²) in [6.07, 6.45) is 0.371. The summed E-state index contributed by atoms with van der Waals surface area (Å²) >= 11 is 1.57. The van der Waals surface area contributed by atoms with Gasteiger partial charge in [-0.3, -0.25) is 4.79 Å². The highest BCUT2D eigenvalue weighted by molar-refractivity contribution is 7.15. The number of methoxy groups -OCH3 is 1. The minimum atomic E-state index is -0.180. The first kappa shape index (κ1) is 15.7. The maximum atomic E-state index is 11.2. The molecule has 1 aromatic heterocycles. The van der Waals surface area contributed by atoms with Gasteiger partial charge in [0.15, 0.2) is 5.13 Å². The summed E-state index contributed by atoms with van der Waals surface area (Å²) in [6, 6.07) is 0. The van der Waals surface area contributed by atoms with Crippen molar-refractivity contribution in [3.8, 4) is 5.88 Å². The third kappa shape index (κ3) is 5.04. The van der Waals surface area contributed by atoms with Gasteiger partial charge in [-0.15, -0.1) is 0 Å². The molecule has 0 amide bonds. The highest BCUT2D eigenvalue weighted by Crippen LogP contribution is 2.30. The van der Waals surface area contributed by atoms with E-state index in [1.807, 2.05) is 19.0 Å². The average molecular weight is 287 g/mol. The molecule has 0 saturated heterocycles. The number of nitrogens with one attached hydrogen (secondary N) is 1. The fourth-order valence-electron chi connectivity index (χ4n) is 1.41. The summed E-state index contributed by atoms with van der Waals surface area (Å²) in [5, 5.41) is 4.09. The Morgan fingerprint density at radius 3 is 2.79 bits per heavy atom. The first-order valence-corrected chi connectivity index (χ1v) is 6.97. The Kier molecular flexibility index (Phi) is 6.58. The molecule has 0 spiro atoms. The number of carbonyl (C=O) groups is 1. The molecule has 1 N–H and O–H groups in total. The maximum Gasteiger partial charge on any atom is 0.307 e. The van der Waals surface area contributed by atoms with Crippen LogP contribution in [0.1, 0.15) is 18.2 Å². The number of nitrogens with zero attached hydrogens (tertiary/aromatic N) is 2. The molecule has 1 aromatic rings. The molecule has 0 radical (unpaired) electrons. The van der Waals surface area contributed by atoms with Gasteiger partial charge < -0.3 is 19.7 Å². The number of anilines is 1. The van der Waals surface area contributed by atoms with E-state index in [0.29, 0.717) is 32.0 Å². The van der Waals surface area contributed by atoms with Gasteiger partial charge in [-0.25, -0.2) is 0 Å². The van der Waals surface area contributed by atoms with E-state index in [0.717, 1.165) is 10.0 Å². The number of aromatic nitrogens is 1. The van der Waals surface area contributed by atoms with Crippen LogP contribution in [-0.2, 0) is 16.1 Å². The second-order valence-corrected chi connectivity index (χ2v) is 5.12. The second kappa shape index (κ2) is 7.96. The molecule has 19 heavy (non-hydrogen) atoms. The zero-order chi connectivity index (χ0) is 14.3. The van der Waals surface area contributed by atoms with Crippen LogP contribution in [0, 0.1) is 0 Å². The first-order valence-electron chi connectivity index (χ1n) is 6.15. The largest absolute Gasteiger partial charge is 0.480 e. The molecule has 0 aromatic carbocycles. The van der Waals surface area contributed by atoms with E-state index in [2.05, 4.69) is 10.3 Å². The van der Waals surface area contributed by atoms with E-state index in [9.17, 15) is 4.79 Å². The molecular formula is C12H21N3O3S. The standard InChI is InChI=1S/C12H21N3O3S/c1-5-18-10(16)6-7-13-8-9-11(17-4)14-12(19-9)15(2)3/h13H,5-8H2,1-4H3. The lowest BCUT2D eigenvalue weighted by atomic mass is 10.4. The summed E-state index contributed by atoms with van der Waals surface area (Å²) in [5.41, 5.74) is 0. The number of esters is 1. The van der Waals surface area contributed by atoms with Gasteiger partial charge in [0, 0.05) is 27.2 Å². The smallest absolute Gasteiger partial charge is 0.307 e. The number of ether oxygens (including phenoxy) is 2. The van der Waals surface area contributed by atoms with Crippen molar-refractivity contribution in [2.45, 2.75) is 19.9 Å². The second-order valence-electron chi connectivity index (χ2n) is 4.06. The fourth-order valence-corrected chi connectivity index (χ4v) is 2.34.